The minimum Gasteiger partial charge on any atom is -0.294 e. The monoisotopic (exact) mass is 283 g/mol. The lowest BCUT2D eigenvalue weighted by Gasteiger charge is -2.37. The molecule has 1 aromatic rings. The van der Waals surface area contributed by atoms with Crippen molar-refractivity contribution in [1.29, 1.82) is 0 Å². The Kier molecular flexibility index (Phi) is 4.36. The van der Waals surface area contributed by atoms with E-state index in [9.17, 15) is 4.79 Å². The van der Waals surface area contributed by atoms with Gasteiger partial charge < -0.3 is 0 Å². The molecule has 0 spiro atoms. The maximum absolute atomic E-state index is 12.2. The van der Waals surface area contributed by atoms with E-state index in [4.69, 9.17) is 11.6 Å². The van der Waals surface area contributed by atoms with Gasteiger partial charge in [-0.05, 0) is 26.0 Å². The highest BCUT2D eigenvalue weighted by atomic mass is 35.5. The summed E-state index contributed by atoms with van der Waals surface area (Å²) in [4.78, 5) is 14.4. The van der Waals surface area contributed by atoms with Gasteiger partial charge in [0.25, 0.3) is 0 Å². The van der Waals surface area contributed by atoms with E-state index in [0.717, 1.165) is 18.8 Å². The second-order valence-electron chi connectivity index (χ2n) is 5.22. The zero-order chi connectivity index (χ0) is 13.2. The normalized spacial score (nSPS) is 19.7. The Balaban J connectivity index is 2.02. The fourth-order valence-electron chi connectivity index (χ4n) is 2.22. The highest BCUT2D eigenvalue weighted by molar-refractivity contribution is 8.00. The van der Waals surface area contributed by atoms with Gasteiger partial charge in [0.1, 0.15) is 0 Å². The predicted octanol–water partition coefficient (Wildman–Crippen LogP) is 3.35. The molecule has 0 amide bonds. The van der Waals surface area contributed by atoms with Crippen molar-refractivity contribution in [3.8, 4) is 0 Å². The Labute approximate surface area is 118 Å². The van der Waals surface area contributed by atoms with E-state index in [2.05, 4.69) is 18.7 Å². The third-order valence-corrected chi connectivity index (χ3v) is 4.67. The first-order valence-corrected chi connectivity index (χ1v) is 7.48. The van der Waals surface area contributed by atoms with E-state index in [1.54, 1.807) is 12.1 Å². The van der Waals surface area contributed by atoms with Crippen molar-refractivity contribution >= 4 is 29.1 Å². The van der Waals surface area contributed by atoms with E-state index in [1.807, 2.05) is 23.9 Å². The molecule has 0 aliphatic carbocycles. The van der Waals surface area contributed by atoms with Gasteiger partial charge in [-0.1, -0.05) is 23.7 Å². The SMILES string of the molecule is CC1(C)CN(CC(=O)c2ccccc2Cl)CCS1. The Morgan fingerprint density at radius 3 is 2.83 bits per heavy atom. The molecule has 0 N–H and O–H groups in total. The van der Waals surface area contributed by atoms with Crippen LogP contribution < -0.4 is 0 Å². The number of carbonyl (C=O) groups excluding carboxylic acids is 1. The van der Waals surface area contributed by atoms with Crippen LogP contribution >= 0.6 is 23.4 Å². The van der Waals surface area contributed by atoms with Gasteiger partial charge in [0.05, 0.1) is 11.6 Å². The summed E-state index contributed by atoms with van der Waals surface area (Å²) < 4.78 is 0.235. The molecule has 1 aromatic carbocycles. The van der Waals surface area contributed by atoms with Gasteiger partial charge in [-0.2, -0.15) is 11.8 Å². The molecule has 0 unspecified atom stereocenters. The molecule has 0 aromatic heterocycles. The Morgan fingerprint density at radius 1 is 1.44 bits per heavy atom. The van der Waals surface area contributed by atoms with Crippen LogP contribution in [-0.2, 0) is 0 Å². The number of benzene rings is 1. The molecule has 2 rings (SSSR count). The fraction of sp³-hybridized carbons (Fsp3) is 0.500. The van der Waals surface area contributed by atoms with Crippen LogP contribution in [-0.4, -0.2) is 40.8 Å². The lowest BCUT2D eigenvalue weighted by atomic mass is 10.1. The Morgan fingerprint density at radius 2 is 2.17 bits per heavy atom. The summed E-state index contributed by atoms with van der Waals surface area (Å²) in [5.41, 5.74) is 0.634. The maximum Gasteiger partial charge on any atom is 0.178 e. The fourth-order valence-corrected chi connectivity index (χ4v) is 3.64. The molecule has 0 atom stereocenters. The number of hydrogen-bond acceptors (Lipinski definition) is 3. The second kappa shape index (κ2) is 5.64. The minimum atomic E-state index is 0.114. The summed E-state index contributed by atoms with van der Waals surface area (Å²) >= 11 is 8.02. The zero-order valence-corrected chi connectivity index (χ0v) is 12.4. The molecule has 4 heteroatoms. The quantitative estimate of drug-likeness (QED) is 0.794. The second-order valence-corrected chi connectivity index (χ2v) is 7.43. The Bertz CT molecular complexity index is 447. The molecule has 98 valence electrons. The molecule has 0 saturated carbocycles. The average molecular weight is 284 g/mol. The number of carbonyl (C=O) groups is 1. The number of Topliss-reactive ketones (excluding diaryl/α,β-unsaturated/α-hetero) is 1. The third-order valence-electron chi connectivity index (χ3n) is 3.05. The molecule has 1 saturated heterocycles. The largest absolute Gasteiger partial charge is 0.294 e. The van der Waals surface area contributed by atoms with E-state index >= 15 is 0 Å². The van der Waals surface area contributed by atoms with Crippen LogP contribution in [0.15, 0.2) is 24.3 Å². The van der Waals surface area contributed by atoms with Gasteiger partial charge in [0.2, 0.25) is 0 Å². The van der Waals surface area contributed by atoms with E-state index in [-0.39, 0.29) is 10.5 Å². The topological polar surface area (TPSA) is 20.3 Å². The van der Waals surface area contributed by atoms with Crippen LogP contribution in [0, 0.1) is 0 Å². The van der Waals surface area contributed by atoms with Crippen molar-refractivity contribution in [2.45, 2.75) is 18.6 Å². The van der Waals surface area contributed by atoms with Crippen LogP contribution in [0.25, 0.3) is 0 Å². The smallest absolute Gasteiger partial charge is 0.178 e. The van der Waals surface area contributed by atoms with Crippen molar-refractivity contribution in [3.63, 3.8) is 0 Å². The zero-order valence-electron chi connectivity index (χ0n) is 10.8. The summed E-state index contributed by atoms with van der Waals surface area (Å²) in [5.74, 6) is 1.20. The van der Waals surface area contributed by atoms with E-state index in [0.29, 0.717) is 17.1 Å². The van der Waals surface area contributed by atoms with Crippen LogP contribution in [0.1, 0.15) is 24.2 Å². The minimum absolute atomic E-state index is 0.114. The average Bonchev–Trinajstić information content (AvgIpc) is 2.28. The first kappa shape index (κ1) is 13.9. The molecular formula is C14H18ClNOS. The van der Waals surface area contributed by atoms with Gasteiger partial charge in [-0.25, -0.2) is 0 Å². The van der Waals surface area contributed by atoms with Gasteiger partial charge in [0, 0.05) is 29.2 Å². The van der Waals surface area contributed by atoms with Crippen molar-refractivity contribution in [2.24, 2.45) is 0 Å². The molecule has 18 heavy (non-hydrogen) atoms. The Hall–Kier alpha value is -0.510. The van der Waals surface area contributed by atoms with Crippen molar-refractivity contribution in [2.75, 3.05) is 25.4 Å². The van der Waals surface area contributed by atoms with Gasteiger partial charge in [-0.3, -0.25) is 9.69 Å². The maximum atomic E-state index is 12.2. The number of rotatable bonds is 3. The summed E-state index contributed by atoms with van der Waals surface area (Å²) in [6.07, 6.45) is 0. The summed E-state index contributed by atoms with van der Waals surface area (Å²) in [5, 5.41) is 0.549. The molecule has 0 bridgehead atoms. The van der Waals surface area contributed by atoms with Gasteiger partial charge in [-0.15, -0.1) is 0 Å². The van der Waals surface area contributed by atoms with Crippen molar-refractivity contribution in [3.05, 3.63) is 34.9 Å². The van der Waals surface area contributed by atoms with Crippen molar-refractivity contribution in [1.82, 2.24) is 4.90 Å². The number of hydrogen-bond donors (Lipinski definition) is 0. The standard InChI is InChI=1S/C14H18ClNOS/c1-14(2)10-16(7-8-18-14)9-13(17)11-5-3-4-6-12(11)15/h3-6H,7-10H2,1-2H3. The molecular weight excluding hydrogens is 266 g/mol. The van der Waals surface area contributed by atoms with Gasteiger partial charge in [0.15, 0.2) is 5.78 Å². The first-order chi connectivity index (χ1) is 8.48. The number of halogens is 1. The molecule has 1 aliphatic rings. The summed E-state index contributed by atoms with van der Waals surface area (Å²) in [6, 6.07) is 7.27. The van der Waals surface area contributed by atoms with Crippen LogP contribution in [0.3, 0.4) is 0 Å². The lowest BCUT2D eigenvalue weighted by molar-refractivity contribution is 0.0928. The third kappa shape index (κ3) is 3.50. The van der Waals surface area contributed by atoms with Crippen LogP contribution in [0.2, 0.25) is 5.02 Å². The number of ketones is 1. The predicted molar refractivity (Wildman–Crippen MR) is 78.8 cm³/mol. The van der Waals surface area contributed by atoms with E-state index < -0.39 is 0 Å². The van der Waals surface area contributed by atoms with Gasteiger partial charge >= 0.3 is 0 Å². The molecule has 0 radical (unpaired) electrons. The number of thioether (sulfide) groups is 1. The molecule has 2 nitrogen and oxygen atoms in total. The van der Waals surface area contributed by atoms with Crippen LogP contribution in [0.5, 0.6) is 0 Å². The van der Waals surface area contributed by atoms with Crippen molar-refractivity contribution < 1.29 is 4.79 Å². The summed E-state index contributed by atoms with van der Waals surface area (Å²) in [6.45, 7) is 6.85. The highest BCUT2D eigenvalue weighted by Gasteiger charge is 2.28. The van der Waals surface area contributed by atoms with Crippen LogP contribution in [0.4, 0.5) is 0 Å². The van der Waals surface area contributed by atoms with E-state index in [1.165, 1.54) is 0 Å². The molecule has 1 fully saturated rings. The number of nitrogens with zero attached hydrogens (tertiary/aromatic N) is 1. The highest BCUT2D eigenvalue weighted by Crippen LogP contribution is 2.29. The first-order valence-electron chi connectivity index (χ1n) is 6.12. The lowest BCUT2D eigenvalue weighted by Crippen LogP contribution is -2.45. The summed E-state index contributed by atoms with van der Waals surface area (Å²) in [7, 11) is 0. The molecule has 1 aliphatic heterocycles. The molecule has 1 heterocycles.